The second-order valence-corrected chi connectivity index (χ2v) is 7.79. The lowest BCUT2D eigenvalue weighted by atomic mass is 10.1. The van der Waals surface area contributed by atoms with Crippen molar-refractivity contribution >= 4 is 11.8 Å². The van der Waals surface area contributed by atoms with E-state index < -0.39 is 0 Å². The molecule has 0 aromatic carbocycles. The Balaban J connectivity index is 1.34. The van der Waals surface area contributed by atoms with E-state index >= 15 is 0 Å². The van der Waals surface area contributed by atoms with Crippen LogP contribution in [0.2, 0.25) is 0 Å². The van der Waals surface area contributed by atoms with Crippen molar-refractivity contribution in [2.75, 3.05) is 32.7 Å². The molecule has 0 spiro atoms. The number of likely N-dealkylation sites (tertiary alicyclic amines) is 2. The fourth-order valence-corrected chi connectivity index (χ4v) is 4.49. The summed E-state index contributed by atoms with van der Waals surface area (Å²) in [4.78, 5) is 29.0. The molecule has 3 aliphatic rings. The predicted molar refractivity (Wildman–Crippen MR) is 94.6 cm³/mol. The second kappa shape index (κ2) is 8.84. The standard InChI is InChI=1S/C19H33N3O2/c23-18-14-16(15-22(18)17-8-3-4-9-17)19(24)20-10-7-13-21-11-5-1-2-6-12-21/h16-17H,1-15H2,(H,20,24)/t16-/m0/s1. The van der Waals surface area contributed by atoms with Crippen LogP contribution in [0.1, 0.15) is 64.2 Å². The molecule has 1 aliphatic carbocycles. The zero-order chi connectivity index (χ0) is 16.8. The van der Waals surface area contributed by atoms with E-state index in [1.54, 1.807) is 0 Å². The summed E-state index contributed by atoms with van der Waals surface area (Å²) in [6.45, 7) is 4.88. The Morgan fingerprint density at radius 2 is 1.75 bits per heavy atom. The number of carbonyl (C=O) groups is 2. The molecule has 1 N–H and O–H groups in total. The second-order valence-electron chi connectivity index (χ2n) is 7.79. The summed E-state index contributed by atoms with van der Waals surface area (Å²) in [7, 11) is 0. The third-order valence-electron chi connectivity index (χ3n) is 5.94. The molecule has 3 rings (SSSR count). The molecule has 2 saturated heterocycles. The van der Waals surface area contributed by atoms with Crippen LogP contribution in [0.15, 0.2) is 0 Å². The minimum absolute atomic E-state index is 0.0831. The number of rotatable bonds is 6. The summed E-state index contributed by atoms with van der Waals surface area (Å²) >= 11 is 0. The topological polar surface area (TPSA) is 52.7 Å². The van der Waals surface area contributed by atoms with E-state index in [0.717, 1.165) is 32.4 Å². The van der Waals surface area contributed by atoms with Crippen molar-refractivity contribution in [3.63, 3.8) is 0 Å². The first-order chi connectivity index (χ1) is 11.7. The Bertz CT molecular complexity index is 426. The van der Waals surface area contributed by atoms with Gasteiger partial charge in [0, 0.05) is 25.6 Å². The number of nitrogens with zero attached hydrogens (tertiary/aromatic N) is 2. The van der Waals surface area contributed by atoms with Crippen molar-refractivity contribution in [3.8, 4) is 0 Å². The average Bonchev–Trinajstić information content (AvgIpc) is 3.15. The van der Waals surface area contributed by atoms with E-state index in [1.165, 1.54) is 51.6 Å². The normalized spacial score (nSPS) is 26.8. The molecule has 136 valence electrons. The Hall–Kier alpha value is -1.10. The summed E-state index contributed by atoms with van der Waals surface area (Å²) in [5, 5.41) is 3.07. The van der Waals surface area contributed by atoms with Gasteiger partial charge in [0.15, 0.2) is 0 Å². The number of nitrogens with one attached hydrogen (secondary N) is 1. The zero-order valence-electron chi connectivity index (χ0n) is 15.0. The fourth-order valence-electron chi connectivity index (χ4n) is 4.49. The van der Waals surface area contributed by atoms with Crippen LogP contribution >= 0.6 is 0 Å². The van der Waals surface area contributed by atoms with Gasteiger partial charge in [-0.3, -0.25) is 9.59 Å². The number of hydrogen-bond acceptors (Lipinski definition) is 3. The van der Waals surface area contributed by atoms with E-state index in [0.29, 0.717) is 19.0 Å². The molecule has 0 unspecified atom stereocenters. The summed E-state index contributed by atoms with van der Waals surface area (Å²) in [5.74, 6) is 0.141. The van der Waals surface area contributed by atoms with Gasteiger partial charge in [-0.25, -0.2) is 0 Å². The van der Waals surface area contributed by atoms with E-state index in [2.05, 4.69) is 10.2 Å². The molecule has 5 heteroatoms. The van der Waals surface area contributed by atoms with Gasteiger partial charge in [-0.1, -0.05) is 25.7 Å². The molecular weight excluding hydrogens is 302 g/mol. The van der Waals surface area contributed by atoms with Gasteiger partial charge in [-0.05, 0) is 51.7 Å². The summed E-state index contributed by atoms with van der Waals surface area (Å²) in [5.41, 5.74) is 0. The molecule has 0 radical (unpaired) electrons. The highest BCUT2D eigenvalue weighted by Crippen LogP contribution is 2.29. The number of hydrogen-bond donors (Lipinski definition) is 1. The average molecular weight is 335 g/mol. The van der Waals surface area contributed by atoms with Crippen molar-refractivity contribution in [1.82, 2.24) is 15.1 Å². The Kier molecular flexibility index (Phi) is 6.52. The van der Waals surface area contributed by atoms with Crippen molar-refractivity contribution in [2.24, 2.45) is 5.92 Å². The predicted octanol–water partition coefficient (Wildman–Crippen LogP) is 2.16. The third kappa shape index (κ3) is 4.71. The summed E-state index contributed by atoms with van der Waals surface area (Å²) < 4.78 is 0. The first-order valence-corrected chi connectivity index (χ1v) is 10.0. The molecular formula is C19H33N3O2. The van der Waals surface area contributed by atoms with Crippen LogP contribution in [0, 0.1) is 5.92 Å². The number of carbonyl (C=O) groups excluding carboxylic acids is 2. The SMILES string of the molecule is O=C(NCCCN1CCCCCC1)[C@H]1CC(=O)N(C2CCCC2)C1. The van der Waals surface area contributed by atoms with Gasteiger partial charge in [-0.2, -0.15) is 0 Å². The van der Waals surface area contributed by atoms with E-state index in [-0.39, 0.29) is 17.7 Å². The lowest BCUT2D eigenvalue weighted by molar-refractivity contribution is -0.130. The molecule has 2 amide bonds. The van der Waals surface area contributed by atoms with Crippen molar-refractivity contribution in [3.05, 3.63) is 0 Å². The van der Waals surface area contributed by atoms with Crippen LogP contribution in [-0.2, 0) is 9.59 Å². The number of amides is 2. The Morgan fingerprint density at radius 3 is 2.46 bits per heavy atom. The molecule has 1 saturated carbocycles. The van der Waals surface area contributed by atoms with Crippen molar-refractivity contribution in [2.45, 2.75) is 70.3 Å². The summed E-state index contributed by atoms with van der Waals surface area (Å²) in [6, 6.07) is 0.401. The molecule has 24 heavy (non-hydrogen) atoms. The largest absolute Gasteiger partial charge is 0.356 e. The molecule has 2 heterocycles. The monoisotopic (exact) mass is 335 g/mol. The molecule has 5 nitrogen and oxygen atoms in total. The van der Waals surface area contributed by atoms with Crippen molar-refractivity contribution < 1.29 is 9.59 Å². The quantitative estimate of drug-likeness (QED) is 0.757. The van der Waals surface area contributed by atoms with Crippen LogP contribution in [0.4, 0.5) is 0 Å². The minimum Gasteiger partial charge on any atom is -0.356 e. The highest BCUT2D eigenvalue weighted by atomic mass is 16.2. The van der Waals surface area contributed by atoms with Crippen LogP contribution in [0.25, 0.3) is 0 Å². The lowest BCUT2D eigenvalue weighted by Gasteiger charge is -2.24. The van der Waals surface area contributed by atoms with Gasteiger partial charge in [0.25, 0.3) is 0 Å². The van der Waals surface area contributed by atoms with Gasteiger partial charge in [0.2, 0.25) is 11.8 Å². The van der Waals surface area contributed by atoms with Gasteiger partial charge in [0.1, 0.15) is 0 Å². The van der Waals surface area contributed by atoms with Crippen LogP contribution < -0.4 is 5.32 Å². The lowest BCUT2D eigenvalue weighted by Crippen LogP contribution is -2.37. The van der Waals surface area contributed by atoms with Gasteiger partial charge < -0.3 is 15.1 Å². The smallest absolute Gasteiger partial charge is 0.225 e. The van der Waals surface area contributed by atoms with Gasteiger partial charge in [0.05, 0.1) is 5.92 Å². The fraction of sp³-hybridized carbons (Fsp3) is 0.895. The van der Waals surface area contributed by atoms with Crippen LogP contribution in [0.5, 0.6) is 0 Å². The van der Waals surface area contributed by atoms with Crippen molar-refractivity contribution in [1.29, 1.82) is 0 Å². The maximum atomic E-state index is 12.4. The van der Waals surface area contributed by atoms with Crippen LogP contribution in [-0.4, -0.2) is 60.4 Å². The first kappa shape index (κ1) is 17.7. The molecule has 0 aromatic rings. The summed E-state index contributed by atoms with van der Waals surface area (Å²) in [6.07, 6.45) is 11.5. The molecule has 1 atom stereocenters. The molecule has 2 aliphatic heterocycles. The Morgan fingerprint density at radius 1 is 1.04 bits per heavy atom. The first-order valence-electron chi connectivity index (χ1n) is 10.0. The van der Waals surface area contributed by atoms with Gasteiger partial charge in [-0.15, -0.1) is 0 Å². The maximum Gasteiger partial charge on any atom is 0.225 e. The van der Waals surface area contributed by atoms with Gasteiger partial charge >= 0.3 is 0 Å². The zero-order valence-corrected chi connectivity index (χ0v) is 15.0. The van der Waals surface area contributed by atoms with E-state index in [9.17, 15) is 9.59 Å². The molecule has 3 fully saturated rings. The minimum atomic E-state index is -0.128. The van der Waals surface area contributed by atoms with Crippen LogP contribution in [0.3, 0.4) is 0 Å². The molecule has 0 aromatic heterocycles. The van der Waals surface area contributed by atoms with E-state index in [4.69, 9.17) is 0 Å². The van der Waals surface area contributed by atoms with E-state index in [1.807, 2.05) is 4.90 Å². The Labute approximate surface area is 146 Å². The highest BCUT2D eigenvalue weighted by Gasteiger charge is 2.38. The molecule has 0 bridgehead atoms. The maximum absolute atomic E-state index is 12.4. The highest BCUT2D eigenvalue weighted by molar-refractivity contribution is 5.89. The third-order valence-corrected chi connectivity index (χ3v) is 5.94.